The van der Waals surface area contributed by atoms with E-state index >= 15 is 0 Å². The van der Waals surface area contributed by atoms with Gasteiger partial charge in [0.1, 0.15) is 0 Å². The van der Waals surface area contributed by atoms with Crippen LogP contribution in [0.25, 0.3) is 6.08 Å². The Balaban J connectivity index is 2.79. The number of sulfonamides is 1. The number of carbonyl (C=O) groups is 1. The molecule has 0 bridgehead atoms. The molecule has 1 rings (SSSR count). The first-order valence-corrected chi connectivity index (χ1v) is 6.25. The standard InChI is InChI=1S/C10H11NO4S/c1-16(14,15)11-9-5-2-8(3-6-9)4-7-10(12)13/h2-7,11H,1H3,(H,12,13)/b7-4+. The summed E-state index contributed by atoms with van der Waals surface area (Å²) in [5.74, 6) is -1.03. The number of rotatable bonds is 4. The van der Waals surface area contributed by atoms with E-state index in [1.165, 1.54) is 6.08 Å². The van der Waals surface area contributed by atoms with Crippen molar-refractivity contribution in [1.29, 1.82) is 0 Å². The number of hydrogen-bond acceptors (Lipinski definition) is 3. The SMILES string of the molecule is CS(=O)(=O)Nc1ccc(/C=C/C(=O)O)cc1. The zero-order valence-corrected chi connectivity index (χ0v) is 9.36. The van der Waals surface area contributed by atoms with E-state index in [0.717, 1.165) is 12.3 Å². The van der Waals surface area contributed by atoms with E-state index in [1.54, 1.807) is 24.3 Å². The molecule has 0 spiro atoms. The van der Waals surface area contributed by atoms with E-state index in [2.05, 4.69) is 4.72 Å². The Morgan fingerprint density at radius 2 is 1.88 bits per heavy atom. The molecular weight excluding hydrogens is 230 g/mol. The van der Waals surface area contributed by atoms with Gasteiger partial charge in [-0.15, -0.1) is 0 Å². The molecule has 0 aromatic heterocycles. The van der Waals surface area contributed by atoms with Crippen molar-refractivity contribution in [3.63, 3.8) is 0 Å². The molecule has 0 radical (unpaired) electrons. The van der Waals surface area contributed by atoms with Crippen LogP contribution in [0.2, 0.25) is 0 Å². The van der Waals surface area contributed by atoms with Gasteiger partial charge in [-0.25, -0.2) is 13.2 Å². The second-order valence-electron chi connectivity index (χ2n) is 3.17. The molecule has 0 saturated heterocycles. The van der Waals surface area contributed by atoms with Crippen LogP contribution in [-0.2, 0) is 14.8 Å². The molecular formula is C10H11NO4S. The van der Waals surface area contributed by atoms with E-state index < -0.39 is 16.0 Å². The Morgan fingerprint density at radius 3 is 2.31 bits per heavy atom. The van der Waals surface area contributed by atoms with Gasteiger partial charge in [-0.2, -0.15) is 0 Å². The topological polar surface area (TPSA) is 83.5 Å². The Labute approximate surface area is 93.5 Å². The molecule has 0 aliphatic heterocycles. The van der Waals surface area contributed by atoms with Crippen molar-refractivity contribution < 1.29 is 18.3 Å². The van der Waals surface area contributed by atoms with Crippen molar-refractivity contribution in [3.05, 3.63) is 35.9 Å². The van der Waals surface area contributed by atoms with Crippen molar-refractivity contribution >= 4 is 27.8 Å². The van der Waals surface area contributed by atoms with Crippen molar-refractivity contribution in [1.82, 2.24) is 0 Å². The molecule has 0 aliphatic rings. The van der Waals surface area contributed by atoms with E-state index in [-0.39, 0.29) is 0 Å². The average Bonchev–Trinajstić information content (AvgIpc) is 2.14. The first kappa shape index (κ1) is 12.3. The maximum atomic E-state index is 10.9. The number of benzene rings is 1. The van der Waals surface area contributed by atoms with E-state index in [0.29, 0.717) is 11.3 Å². The Morgan fingerprint density at radius 1 is 1.31 bits per heavy atom. The molecule has 0 unspecified atom stereocenters. The third-order valence-electron chi connectivity index (χ3n) is 1.63. The number of anilines is 1. The summed E-state index contributed by atoms with van der Waals surface area (Å²) in [6.07, 6.45) is 3.50. The first-order valence-electron chi connectivity index (χ1n) is 4.36. The fraction of sp³-hybridized carbons (Fsp3) is 0.100. The normalized spacial score (nSPS) is 11.6. The summed E-state index contributed by atoms with van der Waals surface area (Å²) < 4.78 is 24.1. The van der Waals surface area contributed by atoms with Crippen LogP contribution in [0.1, 0.15) is 5.56 Å². The molecule has 0 saturated carbocycles. The lowest BCUT2D eigenvalue weighted by Gasteiger charge is -2.03. The van der Waals surface area contributed by atoms with Gasteiger partial charge < -0.3 is 5.11 Å². The first-order chi connectivity index (χ1) is 7.37. The quantitative estimate of drug-likeness (QED) is 0.775. The van der Waals surface area contributed by atoms with Crippen LogP contribution in [-0.4, -0.2) is 25.7 Å². The second-order valence-corrected chi connectivity index (χ2v) is 4.92. The third-order valence-corrected chi connectivity index (χ3v) is 2.24. The average molecular weight is 241 g/mol. The highest BCUT2D eigenvalue weighted by Gasteiger charge is 2.00. The van der Waals surface area contributed by atoms with Gasteiger partial charge in [0.25, 0.3) is 0 Å². The summed E-state index contributed by atoms with van der Waals surface area (Å²) >= 11 is 0. The number of aliphatic carboxylic acids is 1. The highest BCUT2D eigenvalue weighted by molar-refractivity contribution is 7.92. The Kier molecular flexibility index (Phi) is 3.68. The minimum atomic E-state index is -3.28. The van der Waals surface area contributed by atoms with Crippen LogP contribution in [0.3, 0.4) is 0 Å². The van der Waals surface area contributed by atoms with E-state index in [4.69, 9.17) is 5.11 Å². The van der Waals surface area contributed by atoms with Crippen molar-refractivity contribution in [2.24, 2.45) is 0 Å². The molecule has 0 atom stereocenters. The summed E-state index contributed by atoms with van der Waals surface area (Å²) in [6, 6.07) is 6.35. The zero-order valence-electron chi connectivity index (χ0n) is 8.54. The van der Waals surface area contributed by atoms with Gasteiger partial charge in [0.2, 0.25) is 10.0 Å². The maximum Gasteiger partial charge on any atom is 0.328 e. The molecule has 6 heteroatoms. The lowest BCUT2D eigenvalue weighted by molar-refractivity contribution is -0.131. The molecule has 86 valence electrons. The summed E-state index contributed by atoms with van der Waals surface area (Å²) in [5.41, 5.74) is 1.12. The Bertz CT molecular complexity index is 502. The minimum absolute atomic E-state index is 0.440. The van der Waals surface area contributed by atoms with Crippen molar-refractivity contribution in [2.45, 2.75) is 0 Å². The number of hydrogen-bond donors (Lipinski definition) is 2. The third kappa shape index (κ3) is 4.61. The molecule has 5 nitrogen and oxygen atoms in total. The molecule has 0 fully saturated rings. The lowest BCUT2D eigenvalue weighted by atomic mass is 10.2. The number of carboxylic acid groups (broad SMARTS) is 1. The monoisotopic (exact) mass is 241 g/mol. The molecule has 1 aromatic rings. The van der Waals surface area contributed by atoms with Crippen LogP contribution in [0.15, 0.2) is 30.3 Å². The highest BCUT2D eigenvalue weighted by Crippen LogP contribution is 2.11. The van der Waals surface area contributed by atoms with Crippen LogP contribution < -0.4 is 4.72 Å². The van der Waals surface area contributed by atoms with E-state index in [9.17, 15) is 13.2 Å². The summed E-state index contributed by atoms with van der Waals surface area (Å²) in [4.78, 5) is 10.2. The smallest absolute Gasteiger partial charge is 0.328 e. The predicted octanol–water partition coefficient (Wildman–Crippen LogP) is 1.16. The highest BCUT2D eigenvalue weighted by atomic mass is 32.2. The molecule has 1 aromatic carbocycles. The van der Waals surface area contributed by atoms with Crippen LogP contribution in [0.5, 0.6) is 0 Å². The fourth-order valence-corrected chi connectivity index (χ4v) is 1.61. The lowest BCUT2D eigenvalue weighted by Crippen LogP contribution is -2.09. The predicted molar refractivity (Wildman–Crippen MR) is 61.6 cm³/mol. The summed E-state index contributed by atoms with van der Waals surface area (Å²) in [7, 11) is -3.28. The fourth-order valence-electron chi connectivity index (χ4n) is 1.04. The van der Waals surface area contributed by atoms with Crippen molar-refractivity contribution in [2.75, 3.05) is 11.0 Å². The molecule has 0 aliphatic carbocycles. The second kappa shape index (κ2) is 4.80. The molecule has 16 heavy (non-hydrogen) atoms. The minimum Gasteiger partial charge on any atom is -0.478 e. The molecule has 0 heterocycles. The van der Waals surface area contributed by atoms with Gasteiger partial charge in [0.05, 0.1) is 6.26 Å². The van der Waals surface area contributed by atoms with Crippen LogP contribution in [0, 0.1) is 0 Å². The van der Waals surface area contributed by atoms with Gasteiger partial charge in [0.15, 0.2) is 0 Å². The van der Waals surface area contributed by atoms with Crippen LogP contribution in [0.4, 0.5) is 5.69 Å². The number of carboxylic acids is 1. The van der Waals surface area contributed by atoms with E-state index in [1.807, 2.05) is 0 Å². The van der Waals surface area contributed by atoms with Crippen LogP contribution >= 0.6 is 0 Å². The van der Waals surface area contributed by atoms with Gasteiger partial charge in [0, 0.05) is 11.8 Å². The molecule has 0 amide bonds. The molecule has 2 N–H and O–H groups in total. The maximum absolute atomic E-state index is 10.9. The van der Waals surface area contributed by atoms with Gasteiger partial charge in [-0.1, -0.05) is 12.1 Å². The Hall–Kier alpha value is -1.82. The number of nitrogens with one attached hydrogen (secondary N) is 1. The zero-order chi connectivity index (χ0) is 12.2. The van der Waals surface area contributed by atoms with Gasteiger partial charge in [-0.3, -0.25) is 4.72 Å². The van der Waals surface area contributed by atoms with Crippen molar-refractivity contribution in [3.8, 4) is 0 Å². The van der Waals surface area contributed by atoms with Gasteiger partial charge in [-0.05, 0) is 23.8 Å². The largest absolute Gasteiger partial charge is 0.478 e. The summed E-state index contributed by atoms with van der Waals surface area (Å²) in [5, 5.41) is 8.40. The summed E-state index contributed by atoms with van der Waals surface area (Å²) in [6.45, 7) is 0. The van der Waals surface area contributed by atoms with Gasteiger partial charge >= 0.3 is 5.97 Å².